The first-order chi connectivity index (χ1) is 13.9. The van der Waals surface area contributed by atoms with Gasteiger partial charge in [-0.3, -0.25) is 9.59 Å². The van der Waals surface area contributed by atoms with Crippen molar-refractivity contribution in [1.82, 2.24) is 0 Å². The normalized spacial score (nSPS) is 11.4. The summed E-state index contributed by atoms with van der Waals surface area (Å²) in [7, 11) is 0. The van der Waals surface area contributed by atoms with Crippen molar-refractivity contribution in [2.75, 3.05) is 5.32 Å². The number of carboxylic acids is 1. The van der Waals surface area contributed by atoms with E-state index in [4.69, 9.17) is 21.4 Å². The molecule has 0 saturated carbocycles. The van der Waals surface area contributed by atoms with Gasteiger partial charge >= 0.3 is 5.97 Å². The number of ether oxygens (including phenoxy) is 1. The molecule has 0 aliphatic rings. The topological polar surface area (TPSA) is 75.6 Å². The second-order valence-electron chi connectivity index (χ2n) is 8.35. The summed E-state index contributed by atoms with van der Waals surface area (Å²) >= 11 is 7.90. The molecule has 0 aliphatic carbocycles. The molecule has 2 rings (SSSR count). The van der Waals surface area contributed by atoms with Crippen LogP contribution in [0.3, 0.4) is 0 Å². The van der Waals surface area contributed by atoms with Crippen LogP contribution in [0.15, 0.2) is 36.4 Å². The fourth-order valence-corrected chi connectivity index (χ4v) is 3.51. The average Bonchev–Trinajstić information content (AvgIpc) is 2.59. The number of halogens is 1. The van der Waals surface area contributed by atoms with Gasteiger partial charge in [-0.05, 0) is 47.2 Å². The summed E-state index contributed by atoms with van der Waals surface area (Å²) in [6.07, 6.45) is -0.134. The Labute approximate surface area is 187 Å². The van der Waals surface area contributed by atoms with Gasteiger partial charge in [0.25, 0.3) is 0 Å². The second kappa shape index (κ2) is 10.2. The molecule has 0 heterocycles. The number of carboxylic acid groups (broad SMARTS) is 1. The number of amides is 1. The summed E-state index contributed by atoms with van der Waals surface area (Å²) in [5, 5.41) is 12.8. The number of anilines is 1. The molecule has 5 nitrogen and oxygen atoms in total. The predicted molar refractivity (Wildman–Crippen MR) is 124 cm³/mol. The van der Waals surface area contributed by atoms with Crippen molar-refractivity contribution in [1.29, 1.82) is 0 Å². The van der Waals surface area contributed by atoms with Gasteiger partial charge in [-0.25, -0.2) is 0 Å². The van der Waals surface area contributed by atoms with Crippen LogP contribution in [-0.2, 0) is 21.8 Å². The Hall–Kier alpha value is -2.18. The number of hydrogen-bond acceptors (Lipinski definition) is 4. The number of carbonyl (C=O) groups excluding carboxylic acids is 1. The lowest BCUT2D eigenvalue weighted by molar-refractivity contribution is -0.136. The quantitative estimate of drug-likeness (QED) is 0.488. The highest BCUT2D eigenvalue weighted by Crippen LogP contribution is 2.33. The van der Waals surface area contributed by atoms with Gasteiger partial charge in [0.05, 0.1) is 6.42 Å². The highest BCUT2D eigenvalue weighted by molar-refractivity contribution is 7.99. The SMILES string of the molecule is CC(C)SCc1cc(NC(=O)C(C)(C)C)ccc1Oc1cc(Cl)cc(CC(=O)O)c1. The van der Waals surface area contributed by atoms with Crippen LogP contribution in [0.25, 0.3) is 0 Å². The second-order valence-corrected chi connectivity index (χ2v) is 10.4. The molecule has 2 N–H and O–H groups in total. The molecule has 0 bridgehead atoms. The van der Waals surface area contributed by atoms with Crippen LogP contribution < -0.4 is 10.1 Å². The number of thioether (sulfide) groups is 1. The zero-order valence-corrected chi connectivity index (χ0v) is 19.5. The minimum absolute atomic E-state index is 0.0632. The maximum atomic E-state index is 12.3. The third-order valence-corrected chi connectivity index (χ3v) is 5.45. The average molecular weight is 450 g/mol. The van der Waals surface area contributed by atoms with E-state index < -0.39 is 11.4 Å². The largest absolute Gasteiger partial charge is 0.481 e. The summed E-state index contributed by atoms with van der Waals surface area (Å²) < 4.78 is 6.07. The van der Waals surface area contributed by atoms with Gasteiger partial charge in [0.15, 0.2) is 0 Å². The Morgan fingerprint density at radius 3 is 2.47 bits per heavy atom. The molecule has 7 heteroatoms. The Balaban J connectivity index is 2.33. The van der Waals surface area contributed by atoms with E-state index in [2.05, 4.69) is 19.2 Å². The summed E-state index contributed by atoms with van der Waals surface area (Å²) in [5.74, 6) is 0.818. The monoisotopic (exact) mass is 449 g/mol. The van der Waals surface area contributed by atoms with Crippen molar-refractivity contribution < 1.29 is 19.4 Å². The number of benzene rings is 2. The van der Waals surface area contributed by atoms with Crippen molar-refractivity contribution in [2.24, 2.45) is 5.41 Å². The molecule has 0 radical (unpaired) electrons. The van der Waals surface area contributed by atoms with E-state index in [0.29, 0.717) is 38.8 Å². The van der Waals surface area contributed by atoms with Crippen LogP contribution in [-0.4, -0.2) is 22.2 Å². The van der Waals surface area contributed by atoms with E-state index in [0.717, 1.165) is 5.56 Å². The smallest absolute Gasteiger partial charge is 0.307 e. The molecule has 0 aromatic heterocycles. The van der Waals surface area contributed by atoms with E-state index in [9.17, 15) is 9.59 Å². The van der Waals surface area contributed by atoms with Crippen LogP contribution in [0.2, 0.25) is 5.02 Å². The van der Waals surface area contributed by atoms with Gasteiger partial charge in [0, 0.05) is 27.4 Å². The summed E-state index contributed by atoms with van der Waals surface area (Å²) in [6.45, 7) is 9.83. The maximum Gasteiger partial charge on any atom is 0.307 e. The zero-order chi connectivity index (χ0) is 22.5. The van der Waals surface area contributed by atoms with Crippen molar-refractivity contribution in [3.63, 3.8) is 0 Å². The Morgan fingerprint density at radius 2 is 1.87 bits per heavy atom. The molecule has 0 atom stereocenters. The molecule has 30 heavy (non-hydrogen) atoms. The molecule has 1 amide bonds. The van der Waals surface area contributed by atoms with Gasteiger partial charge in [-0.15, -0.1) is 0 Å². The molecule has 0 aliphatic heterocycles. The molecule has 0 saturated heterocycles. The lowest BCUT2D eigenvalue weighted by atomic mass is 9.95. The van der Waals surface area contributed by atoms with Gasteiger partial charge in [-0.1, -0.05) is 46.2 Å². The van der Waals surface area contributed by atoms with Gasteiger partial charge < -0.3 is 15.2 Å². The third kappa shape index (κ3) is 7.58. The van der Waals surface area contributed by atoms with Crippen molar-refractivity contribution >= 4 is 40.9 Å². The Morgan fingerprint density at radius 1 is 1.17 bits per heavy atom. The minimum atomic E-state index is -0.934. The van der Waals surface area contributed by atoms with Crippen LogP contribution in [0, 0.1) is 5.41 Å². The standard InChI is InChI=1S/C23H28ClNO4S/c1-14(2)30-13-16-11-18(25-22(28)23(3,4)5)6-7-20(16)29-19-9-15(10-21(26)27)8-17(24)12-19/h6-9,11-12,14H,10,13H2,1-5H3,(H,25,28)(H,26,27). The molecule has 0 unspecified atom stereocenters. The highest BCUT2D eigenvalue weighted by Gasteiger charge is 2.21. The molecule has 2 aromatic carbocycles. The van der Waals surface area contributed by atoms with Crippen LogP contribution >= 0.6 is 23.4 Å². The van der Waals surface area contributed by atoms with Crippen molar-refractivity contribution in [3.05, 3.63) is 52.5 Å². The molecule has 2 aromatic rings. The van der Waals surface area contributed by atoms with Crippen LogP contribution in [0.1, 0.15) is 45.7 Å². The first-order valence-corrected chi connectivity index (χ1v) is 11.1. The van der Waals surface area contributed by atoms with Crippen molar-refractivity contribution in [2.45, 2.75) is 52.0 Å². The van der Waals surface area contributed by atoms with E-state index in [-0.39, 0.29) is 12.3 Å². The number of nitrogens with one attached hydrogen (secondary N) is 1. The van der Waals surface area contributed by atoms with Crippen LogP contribution in [0.5, 0.6) is 11.5 Å². The molecule has 0 spiro atoms. The van der Waals surface area contributed by atoms with Crippen molar-refractivity contribution in [3.8, 4) is 11.5 Å². The molecular weight excluding hydrogens is 422 g/mol. The maximum absolute atomic E-state index is 12.3. The fraction of sp³-hybridized carbons (Fsp3) is 0.391. The fourth-order valence-electron chi connectivity index (χ4n) is 2.53. The van der Waals surface area contributed by atoms with Gasteiger partial charge in [-0.2, -0.15) is 11.8 Å². The van der Waals surface area contributed by atoms with E-state index in [1.54, 1.807) is 36.0 Å². The molecule has 0 fully saturated rings. The van der Waals surface area contributed by atoms with E-state index >= 15 is 0 Å². The Kier molecular flexibility index (Phi) is 8.21. The number of aliphatic carboxylic acids is 1. The first kappa shape index (κ1) is 24.1. The number of carbonyl (C=O) groups is 2. The lowest BCUT2D eigenvalue weighted by Crippen LogP contribution is -2.27. The zero-order valence-electron chi connectivity index (χ0n) is 17.9. The summed E-state index contributed by atoms with van der Waals surface area (Å²) in [5.41, 5.74) is 1.71. The lowest BCUT2D eigenvalue weighted by Gasteiger charge is -2.19. The van der Waals surface area contributed by atoms with Gasteiger partial charge in [0.2, 0.25) is 5.91 Å². The number of rotatable bonds is 8. The van der Waals surface area contributed by atoms with Crippen LogP contribution in [0.4, 0.5) is 5.69 Å². The number of hydrogen-bond donors (Lipinski definition) is 2. The summed E-state index contributed by atoms with van der Waals surface area (Å²) in [4.78, 5) is 23.4. The predicted octanol–water partition coefficient (Wildman–Crippen LogP) is 6.39. The van der Waals surface area contributed by atoms with E-state index in [1.807, 2.05) is 32.9 Å². The van der Waals surface area contributed by atoms with E-state index in [1.165, 1.54) is 0 Å². The molecular formula is C23H28ClNO4S. The summed E-state index contributed by atoms with van der Waals surface area (Å²) in [6, 6.07) is 10.5. The molecule has 162 valence electrons. The minimum Gasteiger partial charge on any atom is -0.481 e. The third-order valence-electron chi connectivity index (χ3n) is 4.09. The van der Waals surface area contributed by atoms with Gasteiger partial charge in [0.1, 0.15) is 11.5 Å². The highest BCUT2D eigenvalue weighted by atomic mass is 35.5. The first-order valence-electron chi connectivity index (χ1n) is 9.69. The Bertz CT molecular complexity index is 922.